The molecule has 3 amide bonds. The minimum Gasteiger partial charge on any atom is -0.462 e. The van der Waals surface area contributed by atoms with Gasteiger partial charge in [-0.05, 0) is 68.2 Å². The Hall–Kier alpha value is -4.29. The Bertz CT molecular complexity index is 1340. The number of hydrogen-bond donors (Lipinski definition) is 3. The minimum absolute atomic E-state index is 0.0225. The third kappa shape index (κ3) is 22.3. The van der Waals surface area contributed by atoms with E-state index in [2.05, 4.69) is 37.9 Å². The van der Waals surface area contributed by atoms with Crippen molar-refractivity contribution in [2.24, 2.45) is 15.0 Å². The number of nitrogens with zero attached hydrogens (tertiary/aromatic N) is 3. The van der Waals surface area contributed by atoms with Crippen molar-refractivity contribution in [2.45, 2.75) is 131 Å². The van der Waals surface area contributed by atoms with Gasteiger partial charge >= 0.3 is 17.9 Å². The molecule has 320 valence electrons. The van der Waals surface area contributed by atoms with Gasteiger partial charge in [0.25, 0.3) is 0 Å². The largest absolute Gasteiger partial charge is 0.462 e. The van der Waals surface area contributed by atoms with Gasteiger partial charge in [0.05, 0.1) is 37.0 Å². The molecular formula is C38H66N6O12. The molecule has 0 aliphatic heterocycles. The highest BCUT2D eigenvalue weighted by molar-refractivity contribution is 6.68. The molecule has 18 nitrogen and oxygen atoms in total. The zero-order valence-corrected chi connectivity index (χ0v) is 35.2. The molecule has 0 spiro atoms. The van der Waals surface area contributed by atoms with Crippen LogP contribution >= 0.6 is 0 Å². The zero-order valence-electron chi connectivity index (χ0n) is 35.2. The second kappa shape index (κ2) is 29.9. The van der Waals surface area contributed by atoms with E-state index >= 15 is 0 Å². The number of rotatable bonds is 29. The van der Waals surface area contributed by atoms with Crippen molar-refractivity contribution in [1.29, 1.82) is 0 Å². The van der Waals surface area contributed by atoms with E-state index in [-0.39, 0.29) is 56.8 Å². The van der Waals surface area contributed by atoms with Crippen LogP contribution in [0.1, 0.15) is 94.9 Å². The Kier molecular flexibility index (Phi) is 27.6. The van der Waals surface area contributed by atoms with Crippen LogP contribution in [-0.2, 0) is 57.2 Å². The Labute approximate surface area is 331 Å². The molecule has 0 radical (unpaired) electrons. The van der Waals surface area contributed by atoms with E-state index in [0.717, 1.165) is 25.7 Å². The van der Waals surface area contributed by atoms with Crippen molar-refractivity contribution in [3.8, 4) is 0 Å². The summed E-state index contributed by atoms with van der Waals surface area (Å²) in [6.45, 7) is 17.9. The number of esters is 3. The van der Waals surface area contributed by atoms with Gasteiger partial charge in [-0.2, -0.15) is 0 Å². The van der Waals surface area contributed by atoms with Crippen molar-refractivity contribution in [3.05, 3.63) is 0 Å². The smallest absolute Gasteiger partial charge is 0.328 e. The fourth-order valence-corrected chi connectivity index (χ4v) is 4.51. The molecule has 6 atom stereocenters. The molecule has 0 rings (SSSR count). The Morgan fingerprint density at radius 3 is 1.23 bits per heavy atom. The van der Waals surface area contributed by atoms with Crippen LogP contribution < -0.4 is 16.0 Å². The summed E-state index contributed by atoms with van der Waals surface area (Å²) in [5.41, 5.74) is 0.463. The molecule has 0 aromatic carbocycles. The van der Waals surface area contributed by atoms with E-state index in [4.69, 9.17) is 28.4 Å². The number of carbonyl (C=O) groups is 6. The molecule has 0 aliphatic rings. The number of carbonyl (C=O) groups excluding carboxylic acids is 6. The lowest BCUT2D eigenvalue weighted by Crippen LogP contribution is -2.45. The Balaban J connectivity index is 6.05. The summed E-state index contributed by atoms with van der Waals surface area (Å²) in [5, 5.41) is 7.71. The maximum Gasteiger partial charge on any atom is 0.328 e. The fraction of sp³-hybridized carbons (Fsp3) is 0.763. The van der Waals surface area contributed by atoms with E-state index in [1.54, 1.807) is 13.8 Å². The molecule has 18 heteroatoms. The lowest BCUT2D eigenvalue weighted by Gasteiger charge is -2.18. The number of amides is 3. The number of ether oxygens (including phenoxy) is 6. The molecule has 0 fully saturated rings. The predicted molar refractivity (Wildman–Crippen MR) is 211 cm³/mol. The maximum atomic E-state index is 13.2. The first-order valence-corrected chi connectivity index (χ1v) is 19.2. The molecule has 3 N–H and O–H groups in total. The molecule has 56 heavy (non-hydrogen) atoms. The molecule has 0 aromatic heterocycles. The summed E-state index contributed by atoms with van der Waals surface area (Å²) in [5.74, 6) is -3.75. The van der Waals surface area contributed by atoms with Gasteiger partial charge in [-0.1, -0.05) is 26.7 Å². The van der Waals surface area contributed by atoms with Gasteiger partial charge in [0.15, 0.2) is 0 Å². The van der Waals surface area contributed by atoms with Crippen LogP contribution in [0.5, 0.6) is 0 Å². The van der Waals surface area contributed by atoms with Crippen molar-refractivity contribution in [1.82, 2.24) is 16.0 Å². The summed E-state index contributed by atoms with van der Waals surface area (Å²) in [4.78, 5) is 89.9. The molecule has 0 aliphatic carbocycles. The topological polar surface area (TPSA) is 231 Å². The van der Waals surface area contributed by atoms with Gasteiger partial charge in [0.1, 0.15) is 56.1 Å². The Morgan fingerprint density at radius 1 is 0.482 bits per heavy atom. The first-order valence-electron chi connectivity index (χ1n) is 19.2. The van der Waals surface area contributed by atoms with Crippen LogP contribution in [0.3, 0.4) is 0 Å². The van der Waals surface area contributed by atoms with E-state index in [1.165, 1.54) is 48.7 Å². The minimum atomic E-state index is -1.09. The average Bonchev–Trinajstić information content (AvgIpc) is 3.15. The van der Waals surface area contributed by atoms with Gasteiger partial charge in [-0.3, -0.25) is 29.4 Å². The monoisotopic (exact) mass is 798 g/mol. The van der Waals surface area contributed by atoms with Crippen LogP contribution in [0.15, 0.2) is 15.0 Å². The number of unbranched alkanes of at least 4 members (excludes halogenated alkanes) is 2. The number of nitrogens with one attached hydrogen (secondary N) is 3. The van der Waals surface area contributed by atoms with Crippen LogP contribution in [0, 0.1) is 0 Å². The van der Waals surface area contributed by atoms with Crippen LogP contribution in [0.25, 0.3) is 0 Å². The predicted octanol–water partition coefficient (Wildman–Crippen LogP) is 1.94. The van der Waals surface area contributed by atoms with E-state index < -0.39 is 71.9 Å². The summed E-state index contributed by atoms with van der Waals surface area (Å²) < 4.78 is 31.1. The van der Waals surface area contributed by atoms with Crippen molar-refractivity contribution in [3.63, 3.8) is 0 Å². The quantitative estimate of drug-likeness (QED) is 0.0427. The summed E-state index contributed by atoms with van der Waals surface area (Å²) in [6, 6.07) is -6.10. The second-order valence-electron chi connectivity index (χ2n) is 13.1. The van der Waals surface area contributed by atoms with E-state index in [0.29, 0.717) is 13.2 Å². The van der Waals surface area contributed by atoms with E-state index in [1.807, 2.05) is 6.92 Å². The van der Waals surface area contributed by atoms with Crippen molar-refractivity contribution >= 4 is 52.8 Å². The molecule has 0 saturated heterocycles. The highest BCUT2D eigenvalue weighted by Gasteiger charge is 2.25. The first-order chi connectivity index (χ1) is 26.5. The second-order valence-corrected chi connectivity index (χ2v) is 13.1. The zero-order chi connectivity index (χ0) is 42.6. The normalized spacial score (nSPS) is 15.4. The van der Waals surface area contributed by atoms with Crippen LogP contribution in [0.4, 0.5) is 0 Å². The third-order valence-corrected chi connectivity index (χ3v) is 7.77. The first kappa shape index (κ1) is 51.7. The molecular weight excluding hydrogens is 732 g/mol. The molecule has 0 bridgehead atoms. The molecule has 0 aromatic rings. The Morgan fingerprint density at radius 2 is 0.857 bits per heavy atom. The van der Waals surface area contributed by atoms with Crippen LogP contribution in [-0.4, -0.2) is 149 Å². The van der Waals surface area contributed by atoms with Crippen LogP contribution in [0.2, 0.25) is 0 Å². The van der Waals surface area contributed by atoms with Gasteiger partial charge in [0.2, 0.25) is 17.7 Å². The van der Waals surface area contributed by atoms with Gasteiger partial charge in [0, 0.05) is 20.3 Å². The van der Waals surface area contributed by atoms with Gasteiger partial charge in [-0.25, -0.2) is 14.4 Å². The van der Waals surface area contributed by atoms with E-state index in [9.17, 15) is 28.8 Å². The molecule has 0 saturated carbocycles. The fourth-order valence-electron chi connectivity index (χ4n) is 4.51. The lowest BCUT2D eigenvalue weighted by molar-refractivity contribution is -0.149. The average molecular weight is 799 g/mol. The summed E-state index contributed by atoms with van der Waals surface area (Å²) in [6.07, 6.45) is 3.86. The molecule has 6 unspecified atom stereocenters. The maximum absolute atomic E-state index is 13.2. The van der Waals surface area contributed by atoms with Gasteiger partial charge in [-0.15, -0.1) is 0 Å². The SMILES string of the molecule is CCCCCOCCOC(=O)C(C)NC(=O)C(C)N=C(C(C)=NC(C)C(=O)NC(C)C(=O)OCCOC)C(C)=NC(C)C(=O)NC(C)C(=O)OCCOCCC. The highest BCUT2D eigenvalue weighted by atomic mass is 16.6. The highest BCUT2D eigenvalue weighted by Crippen LogP contribution is 2.05. The third-order valence-electron chi connectivity index (χ3n) is 7.77. The number of methoxy groups -OCH3 is 1. The standard InChI is InChI=1S/C38H66N6O12/c1-12-14-15-17-53-20-23-56-38(50)31(10)44-35(47)28(7)41-32(24(3)39-26(5)33(45)42-29(8)36(48)54-21-18-51-11)25(4)40-27(6)34(46)43-30(9)37(49)55-22-19-52-16-13-2/h26-31H,12-23H2,1-11H3,(H,42,45)(H,43,46)(H,44,47). The van der Waals surface area contributed by atoms with Crippen molar-refractivity contribution in [2.75, 3.05) is 60.0 Å². The number of aliphatic imine (C=N–C) groups is 3. The van der Waals surface area contributed by atoms with Crippen molar-refractivity contribution < 1.29 is 57.2 Å². The summed E-state index contributed by atoms with van der Waals surface area (Å²) in [7, 11) is 1.46. The van der Waals surface area contributed by atoms with Gasteiger partial charge < -0.3 is 44.4 Å². The summed E-state index contributed by atoms with van der Waals surface area (Å²) >= 11 is 0. The lowest BCUT2D eigenvalue weighted by atomic mass is 10.1. The number of hydrogen-bond acceptors (Lipinski definition) is 15. The molecule has 0 heterocycles.